The number of nitrogens with zero attached hydrogens (tertiary/aromatic N) is 2. The van der Waals surface area contributed by atoms with E-state index in [0.717, 1.165) is 27.8 Å². The zero-order valence-electron chi connectivity index (χ0n) is 23.6. The predicted octanol–water partition coefficient (Wildman–Crippen LogP) is 5.28. The van der Waals surface area contributed by atoms with Gasteiger partial charge in [-0.3, -0.25) is 14.4 Å². The minimum absolute atomic E-state index is 0.0575. The first kappa shape index (κ1) is 27.9. The van der Waals surface area contributed by atoms with E-state index in [1.807, 2.05) is 81.4 Å². The van der Waals surface area contributed by atoms with E-state index in [0.29, 0.717) is 31.0 Å². The number of benzene rings is 3. The van der Waals surface area contributed by atoms with Gasteiger partial charge in [-0.15, -0.1) is 0 Å². The van der Waals surface area contributed by atoms with E-state index >= 15 is 0 Å². The van der Waals surface area contributed by atoms with Crippen molar-refractivity contribution in [3.63, 3.8) is 0 Å². The Morgan fingerprint density at radius 3 is 2.51 bits per heavy atom. The SMILES string of the molecule is CC(C)(C)OC(=O)CC1CCN(CC(=O)NCc2ccc(Nc3nc4ccccc4[nH]3)cc2)C(=O)c2ccccc21. The van der Waals surface area contributed by atoms with Crippen LogP contribution in [0.15, 0.2) is 72.8 Å². The van der Waals surface area contributed by atoms with Gasteiger partial charge in [0.1, 0.15) is 5.60 Å². The number of hydrogen-bond acceptors (Lipinski definition) is 6. The Morgan fingerprint density at radius 1 is 1.02 bits per heavy atom. The number of H-pyrrole nitrogens is 1. The summed E-state index contributed by atoms with van der Waals surface area (Å²) in [5.41, 5.74) is 4.42. The first-order chi connectivity index (χ1) is 19.6. The predicted molar refractivity (Wildman–Crippen MR) is 158 cm³/mol. The van der Waals surface area contributed by atoms with Crippen molar-refractivity contribution in [2.45, 2.75) is 51.7 Å². The molecule has 41 heavy (non-hydrogen) atoms. The minimum atomic E-state index is -0.577. The molecule has 3 aromatic carbocycles. The number of ether oxygens (including phenoxy) is 1. The highest BCUT2D eigenvalue weighted by atomic mass is 16.6. The lowest BCUT2D eigenvalue weighted by Crippen LogP contribution is -2.40. The Labute approximate surface area is 239 Å². The molecule has 0 fully saturated rings. The number of aromatic amines is 1. The number of rotatable bonds is 8. The van der Waals surface area contributed by atoms with Crippen molar-refractivity contribution < 1.29 is 19.1 Å². The number of esters is 1. The van der Waals surface area contributed by atoms with E-state index in [9.17, 15) is 14.4 Å². The maximum absolute atomic E-state index is 13.4. The zero-order valence-corrected chi connectivity index (χ0v) is 23.6. The standard InChI is InChI=1S/C32H35N5O4/c1-32(2,3)41-29(39)18-22-16-17-37(30(40)25-9-5-4-8-24(22)25)20-28(38)33-19-21-12-14-23(15-13-21)34-31-35-26-10-6-7-11-27(26)36-31/h4-15,22H,16-20H2,1-3H3,(H,33,38)(H2,34,35,36). The molecular weight excluding hydrogens is 518 g/mol. The molecule has 0 bridgehead atoms. The van der Waals surface area contributed by atoms with E-state index in [-0.39, 0.29) is 36.7 Å². The van der Waals surface area contributed by atoms with Crippen molar-refractivity contribution in [3.05, 3.63) is 89.5 Å². The van der Waals surface area contributed by atoms with Crippen LogP contribution in [0.5, 0.6) is 0 Å². The molecule has 0 spiro atoms. The second kappa shape index (κ2) is 11.8. The summed E-state index contributed by atoms with van der Waals surface area (Å²) in [4.78, 5) is 48.1. The summed E-state index contributed by atoms with van der Waals surface area (Å²) >= 11 is 0. The molecule has 0 saturated heterocycles. The van der Waals surface area contributed by atoms with E-state index in [1.54, 1.807) is 17.0 Å². The van der Waals surface area contributed by atoms with Crippen LogP contribution in [0, 0.1) is 0 Å². The van der Waals surface area contributed by atoms with Gasteiger partial charge in [0, 0.05) is 24.3 Å². The molecule has 1 aromatic heterocycles. The highest BCUT2D eigenvalue weighted by molar-refractivity contribution is 5.98. The molecule has 9 heteroatoms. The summed E-state index contributed by atoms with van der Waals surface area (Å²) in [5.74, 6) is -0.252. The van der Waals surface area contributed by atoms with Gasteiger partial charge in [-0.1, -0.05) is 42.5 Å². The molecule has 4 aromatic rings. The van der Waals surface area contributed by atoms with Crippen LogP contribution < -0.4 is 10.6 Å². The molecule has 212 valence electrons. The lowest BCUT2D eigenvalue weighted by Gasteiger charge is -2.22. The molecule has 2 amide bonds. The second-order valence-electron chi connectivity index (χ2n) is 11.3. The fraction of sp³-hybridized carbons (Fsp3) is 0.312. The average molecular weight is 554 g/mol. The number of carbonyl (C=O) groups excluding carboxylic acids is 3. The summed E-state index contributed by atoms with van der Waals surface area (Å²) in [7, 11) is 0. The average Bonchev–Trinajstić information content (AvgIpc) is 3.30. The Bertz CT molecular complexity index is 1520. The van der Waals surface area contributed by atoms with Crippen LogP contribution in [-0.2, 0) is 20.9 Å². The molecule has 0 aliphatic carbocycles. The summed E-state index contributed by atoms with van der Waals surface area (Å²) in [6, 6.07) is 22.9. The van der Waals surface area contributed by atoms with Gasteiger partial charge in [0.15, 0.2) is 0 Å². The molecule has 0 saturated carbocycles. The van der Waals surface area contributed by atoms with Crippen molar-refractivity contribution in [1.82, 2.24) is 20.2 Å². The largest absolute Gasteiger partial charge is 0.460 e. The smallest absolute Gasteiger partial charge is 0.306 e. The van der Waals surface area contributed by atoms with E-state index in [4.69, 9.17) is 4.74 Å². The first-order valence-corrected chi connectivity index (χ1v) is 13.8. The molecule has 9 nitrogen and oxygen atoms in total. The second-order valence-corrected chi connectivity index (χ2v) is 11.3. The van der Waals surface area contributed by atoms with Gasteiger partial charge >= 0.3 is 5.97 Å². The molecule has 1 aliphatic heterocycles. The summed E-state index contributed by atoms with van der Waals surface area (Å²) in [6.07, 6.45) is 0.748. The van der Waals surface area contributed by atoms with Gasteiger partial charge in [0.25, 0.3) is 5.91 Å². The van der Waals surface area contributed by atoms with Gasteiger partial charge in [-0.05, 0) is 74.6 Å². The number of aromatic nitrogens is 2. The number of para-hydroxylation sites is 2. The lowest BCUT2D eigenvalue weighted by molar-refractivity contribution is -0.155. The molecule has 1 unspecified atom stereocenters. The van der Waals surface area contributed by atoms with Crippen LogP contribution in [-0.4, -0.2) is 51.3 Å². The third-order valence-corrected chi connectivity index (χ3v) is 6.93. The number of fused-ring (bicyclic) bond motifs is 2. The van der Waals surface area contributed by atoms with Gasteiger partial charge in [-0.25, -0.2) is 4.98 Å². The summed E-state index contributed by atoms with van der Waals surface area (Å²) in [5, 5.41) is 6.18. The van der Waals surface area contributed by atoms with E-state index < -0.39 is 5.60 Å². The number of amides is 2. The van der Waals surface area contributed by atoms with Crippen LogP contribution in [0.4, 0.5) is 11.6 Å². The molecule has 1 aliphatic rings. The molecule has 0 radical (unpaired) electrons. The van der Waals surface area contributed by atoms with Crippen LogP contribution in [0.3, 0.4) is 0 Å². The van der Waals surface area contributed by atoms with Crippen LogP contribution in [0.1, 0.15) is 61.0 Å². The van der Waals surface area contributed by atoms with Crippen molar-refractivity contribution in [1.29, 1.82) is 0 Å². The normalized spacial score (nSPS) is 15.2. The third-order valence-electron chi connectivity index (χ3n) is 6.93. The molecule has 3 N–H and O–H groups in total. The summed E-state index contributed by atoms with van der Waals surface area (Å²) < 4.78 is 5.53. The van der Waals surface area contributed by atoms with Crippen molar-refractivity contribution >= 4 is 40.5 Å². The summed E-state index contributed by atoms with van der Waals surface area (Å²) in [6.45, 7) is 6.16. The Kier molecular flexibility index (Phi) is 8.05. The van der Waals surface area contributed by atoms with Crippen LogP contribution in [0.2, 0.25) is 0 Å². The number of anilines is 2. The maximum atomic E-state index is 13.4. The quantitative estimate of drug-likeness (QED) is 0.256. The Balaban J connectivity index is 1.16. The van der Waals surface area contributed by atoms with Gasteiger partial charge in [0.2, 0.25) is 11.9 Å². The third kappa shape index (κ3) is 7.11. The lowest BCUT2D eigenvalue weighted by atomic mass is 9.90. The minimum Gasteiger partial charge on any atom is -0.460 e. The highest BCUT2D eigenvalue weighted by Crippen LogP contribution is 2.32. The van der Waals surface area contributed by atoms with Crippen LogP contribution in [0.25, 0.3) is 11.0 Å². The number of carbonyl (C=O) groups is 3. The number of nitrogens with one attached hydrogen (secondary N) is 3. The first-order valence-electron chi connectivity index (χ1n) is 13.8. The van der Waals surface area contributed by atoms with Crippen LogP contribution >= 0.6 is 0 Å². The van der Waals surface area contributed by atoms with Gasteiger partial charge in [-0.2, -0.15) is 0 Å². The van der Waals surface area contributed by atoms with Gasteiger partial charge < -0.3 is 25.3 Å². The number of imidazole rings is 1. The van der Waals surface area contributed by atoms with Crippen molar-refractivity contribution in [2.24, 2.45) is 0 Å². The van der Waals surface area contributed by atoms with Crippen molar-refractivity contribution in [2.75, 3.05) is 18.4 Å². The zero-order chi connectivity index (χ0) is 29.0. The van der Waals surface area contributed by atoms with E-state index in [2.05, 4.69) is 20.6 Å². The van der Waals surface area contributed by atoms with E-state index in [1.165, 1.54) is 0 Å². The molecular formula is C32H35N5O4. The van der Waals surface area contributed by atoms with Gasteiger partial charge in [0.05, 0.1) is 24.0 Å². The fourth-order valence-corrected chi connectivity index (χ4v) is 5.02. The maximum Gasteiger partial charge on any atom is 0.306 e. The Hall–Kier alpha value is -4.66. The molecule has 1 atom stereocenters. The highest BCUT2D eigenvalue weighted by Gasteiger charge is 2.31. The van der Waals surface area contributed by atoms with Crippen molar-refractivity contribution in [3.8, 4) is 0 Å². The fourth-order valence-electron chi connectivity index (χ4n) is 5.02. The topological polar surface area (TPSA) is 116 Å². The molecule has 5 rings (SSSR count). The Morgan fingerprint density at radius 2 is 1.76 bits per heavy atom. The monoisotopic (exact) mass is 553 g/mol. The number of hydrogen-bond donors (Lipinski definition) is 3. The molecule has 2 heterocycles.